The first-order valence-corrected chi connectivity index (χ1v) is 8.89. The molecule has 6 heteroatoms. The lowest BCUT2D eigenvalue weighted by Crippen LogP contribution is -2.37. The largest absolute Gasteiger partial charge is 0.352 e. The van der Waals surface area contributed by atoms with Crippen LogP contribution >= 0.6 is 23.8 Å². The molecule has 2 aromatic rings. The Bertz CT molecular complexity index is 771. The third-order valence-corrected chi connectivity index (χ3v) is 4.91. The minimum atomic E-state index is -0.150. The Morgan fingerprint density at radius 2 is 2.08 bits per heavy atom. The van der Waals surface area contributed by atoms with Crippen molar-refractivity contribution in [1.29, 1.82) is 0 Å². The van der Waals surface area contributed by atoms with Crippen molar-refractivity contribution in [2.24, 2.45) is 0 Å². The van der Waals surface area contributed by atoms with Gasteiger partial charge in [0.2, 0.25) is 0 Å². The molecule has 1 unspecified atom stereocenters. The maximum atomic E-state index is 12.4. The van der Waals surface area contributed by atoms with Crippen molar-refractivity contribution in [2.75, 3.05) is 19.6 Å². The smallest absolute Gasteiger partial charge is 0.254 e. The summed E-state index contributed by atoms with van der Waals surface area (Å²) in [5.41, 5.74) is 1.63. The highest BCUT2D eigenvalue weighted by molar-refractivity contribution is 7.71. The number of carbonyl (C=O) groups is 1. The summed E-state index contributed by atoms with van der Waals surface area (Å²) in [4.78, 5) is 17.7. The van der Waals surface area contributed by atoms with Crippen LogP contribution in [-0.2, 0) is 0 Å². The van der Waals surface area contributed by atoms with Gasteiger partial charge in [0.15, 0.2) is 0 Å². The third kappa shape index (κ3) is 4.04. The van der Waals surface area contributed by atoms with Crippen molar-refractivity contribution in [2.45, 2.75) is 18.9 Å². The monoisotopic (exact) mass is 361 g/mol. The van der Waals surface area contributed by atoms with Gasteiger partial charge in [-0.1, -0.05) is 36.0 Å². The number of H-pyrrole nitrogens is 1. The highest BCUT2D eigenvalue weighted by atomic mass is 35.5. The van der Waals surface area contributed by atoms with Crippen molar-refractivity contribution >= 4 is 29.7 Å². The van der Waals surface area contributed by atoms with E-state index in [0.29, 0.717) is 21.8 Å². The number of benzene rings is 1. The molecular weight excluding hydrogens is 342 g/mol. The second kappa shape index (κ2) is 7.92. The van der Waals surface area contributed by atoms with Crippen molar-refractivity contribution in [3.63, 3.8) is 0 Å². The molecule has 0 radical (unpaired) electrons. The van der Waals surface area contributed by atoms with E-state index in [9.17, 15) is 4.79 Å². The number of rotatable bonds is 5. The summed E-state index contributed by atoms with van der Waals surface area (Å²) >= 11 is 11.3. The molecule has 1 aromatic heterocycles. The van der Waals surface area contributed by atoms with Crippen LogP contribution in [0.5, 0.6) is 0 Å². The molecule has 2 N–H and O–H groups in total. The molecule has 1 fully saturated rings. The quantitative estimate of drug-likeness (QED) is 0.792. The molecule has 1 saturated heterocycles. The van der Waals surface area contributed by atoms with E-state index in [0.717, 1.165) is 18.7 Å². The fourth-order valence-corrected chi connectivity index (χ4v) is 3.54. The molecule has 2 heterocycles. The number of hydrogen-bond donors (Lipinski definition) is 2. The topological polar surface area (TPSA) is 48.1 Å². The minimum absolute atomic E-state index is 0.122. The van der Waals surface area contributed by atoms with E-state index in [1.807, 2.05) is 18.2 Å². The molecule has 4 nitrogen and oxygen atoms in total. The average molecular weight is 362 g/mol. The molecule has 3 rings (SSSR count). The van der Waals surface area contributed by atoms with Crippen LogP contribution < -0.4 is 5.32 Å². The Hall–Kier alpha value is -1.69. The number of halogens is 1. The maximum Gasteiger partial charge on any atom is 0.254 e. The number of pyridine rings is 1. The Morgan fingerprint density at radius 1 is 1.29 bits per heavy atom. The second-order valence-electron chi connectivity index (χ2n) is 5.94. The second-order valence-corrected chi connectivity index (χ2v) is 6.78. The van der Waals surface area contributed by atoms with Crippen LogP contribution in [0.3, 0.4) is 0 Å². The van der Waals surface area contributed by atoms with Gasteiger partial charge < -0.3 is 10.3 Å². The first-order valence-electron chi connectivity index (χ1n) is 8.10. The maximum absolute atomic E-state index is 12.4. The van der Waals surface area contributed by atoms with Crippen molar-refractivity contribution in [3.05, 3.63) is 63.4 Å². The number of nitrogens with zero attached hydrogens (tertiary/aromatic N) is 1. The van der Waals surface area contributed by atoms with Gasteiger partial charge in [0.1, 0.15) is 4.64 Å². The SMILES string of the molecule is O=C(NCC(c1cccc(Cl)c1)N1CCCC1)c1ccc[nH]c1=S. The number of aromatic nitrogens is 1. The lowest BCUT2D eigenvalue weighted by molar-refractivity contribution is 0.0937. The summed E-state index contributed by atoms with van der Waals surface area (Å²) < 4.78 is 0.454. The Balaban J connectivity index is 1.76. The first kappa shape index (κ1) is 17.1. The molecule has 24 heavy (non-hydrogen) atoms. The number of hydrogen-bond acceptors (Lipinski definition) is 3. The molecule has 1 aliphatic rings. The number of nitrogens with one attached hydrogen (secondary N) is 2. The van der Waals surface area contributed by atoms with Crippen molar-refractivity contribution < 1.29 is 4.79 Å². The highest BCUT2D eigenvalue weighted by Gasteiger charge is 2.24. The van der Waals surface area contributed by atoms with Crippen LogP contribution in [0.15, 0.2) is 42.6 Å². The zero-order valence-electron chi connectivity index (χ0n) is 13.3. The predicted molar refractivity (Wildman–Crippen MR) is 99.0 cm³/mol. The fraction of sp³-hybridized carbons (Fsp3) is 0.333. The van der Waals surface area contributed by atoms with Gasteiger partial charge in [0.05, 0.1) is 11.6 Å². The van der Waals surface area contributed by atoms with Gasteiger partial charge in [0.25, 0.3) is 5.91 Å². The molecule has 1 aliphatic heterocycles. The van der Waals surface area contributed by atoms with E-state index >= 15 is 0 Å². The van der Waals surface area contributed by atoms with Gasteiger partial charge in [0, 0.05) is 17.8 Å². The van der Waals surface area contributed by atoms with Gasteiger partial charge in [-0.15, -0.1) is 0 Å². The van der Waals surface area contributed by atoms with E-state index in [-0.39, 0.29) is 11.9 Å². The van der Waals surface area contributed by atoms with E-state index in [1.165, 1.54) is 12.8 Å². The van der Waals surface area contributed by atoms with Gasteiger partial charge in [-0.3, -0.25) is 9.69 Å². The normalized spacial score (nSPS) is 16.0. The van der Waals surface area contributed by atoms with E-state index in [2.05, 4.69) is 21.3 Å². The molecule has 1 amide bonds. The number of amides is 1. The van der Waals surface area contributed by atoms with E-state index in [4.69, 9.17) is 23.8 Å². The van der Waals surface area contributed by atoms with Crippen LogP contribution in [0.2, 0.25) is 5.02 Å². The highest BCUT2D eigenvalue weighted by Crippen LogP contribution is 2.26. The van der Waals surface area contributed by atoms with Gasteiger partial charge in [-0.2, -0.15) is 0 Å². The summed E-state index contributed by atoms with van der Waals surface area (Å²) in [5.74, 6) is -0.150. The summed E-state index contributed by atoms with van der Waals surface area (Å²) in [6.07, 6.45) is 4.10. The van der Waals surface area contributed by atoms with Crippen molar-refractivity contribution in [1.82, 2.24) is 15.2 Å². The van der Waals surface area contributed by atoms with E-state index in [1.54, 1.807) is 18.3 Å². The van der Waals surface area contributed by atoms with Crippen LogP contribution in [0, 0.1) is 4.64 Å². The molecule has 126 valence electrons. The zero-order valence-corrected chi connectivity index (χ0v) is 14.9. The van der Waals surface area contributed by atoms with Gasteiger partial charge in [-0.25, -0.2) is 0 Å². The van der Waals surface area contributed by atoms with Crippen LogP contribution in [0.4, 0.5) is 0 Å². The average Bonchev–Trinajstić information content (AvgIpc) is 3.10. The third-order valence-electron chi connectivity index (χ3n) is 4.33. The molecule has 0 bridgehead atoms. The molecule has 0 spiro atoms. The number of carbonyl (C=O) groups excluding carboxylic acids is 1. The van der Waals surface area contributed by atoms with Crippen molar-refractivity contribution in [3.8, 4) is 0 Å². The summed E-state index contributed by atoms with van der Waals surface area (Å²) in [7, 11) is 0. The molecule has 1 aromatic carbocycles. The predicted octanol–water partition coefficient (Wildman–Crippen LogP) is 3.96. The molecule has 0 aliphatic carbocycles. The number of likely N-dealkylation sites (tertiary alicyclic amines) is 1. The lowest BCUT2D eigenvalue weighted by Gasteiger charge is -2.28. The molecule has 1 atom stereocenters. The summed E-state index contributed by atoms with van der Waals surface area (Å²) in [6.45, 7) is 2.61. The zero-order chi connectivity index (χ0) is 16.9. The standard InChI is InChI=1S/C18H20ClN3OS/c19-14-6-3-5-13(11-14)16(22-9-1-2-10-22)12-21-17(23)15-7-4-8-20-18(15)24/h3-8,11,16H,1-2,9-10,12H2,(H,20,24)(H,21,23). The Kier molecular flexibility index (Phi) is 5.66. The van der Waals surface area contributed by atoms with Crippen LogP contribution in [-0.4, -0.2) is 35.4 Å². The van der Waals surface area contributed by atoms with E-state index < -0.39 is 0 Å². The first-order chi connectivity index (χ1) is 11.6. The minimum Gasteiger partial charge on any atom is -0.352 e. The number of aromatic amines is 1. The lowest BCUT2D eigenvalue weighted by atomic mass is 10.1. The summed E-state index contributed by atoms with van der Waals surface area (Å²) in [6, 6.07) is 11.5. The summed E-state index contributed by atoms with van der Waals surface area (Å²) in [5, 5.41) is 3.74. The van der Waals surface area contributed by atoms with Crippen LogP contribution in [0.25, 0.3) is 0 Å². The Morgan fingerprint density at radius 3 is 2.79 bits per heavy atom. The fourth-order valence-electron chi connectivity index (χ4n) is 3.11. The van der Waals surface area contributed by atoms with Gasteiger partial charge in [-0.05, 0) is 55.8 Å². The molecule has 0 saturated carbocycles. The Labute approximate surface area is 151 Å². The van der Waals surface area contributed by atoms with Gasteiger partial charge >= 0.3 is 0 Å². The van der Waals surface area contributed by atoms with Crippen LogP contribution in [0.1, 0.15) is 34.8 Å². The molecular formula is C18H20ClN3OS.